The molecule has 0 bridgehead atoms. The number of allylic oxidation sites excluding steroid dienone is 5. The first-order chi connectivity index (χ1) is 29.5. The minimum absolute atomic E-state index is 0.0559. The highest BCUT2D eigenvalue weighted by Gasteiger charge is 2.27. The highest BCUT2D eigenvalue weighted by molar-refractivity contribution is 7.47. The van der Waals surface area contributed by atoms with Crippen LogP contribution in [0.5, 0.6) is 0 Å². The first-order valence-electron chi connectivity index (χ1n) is 25.9. The van der Waals surface area contributed by atoms with Crippen LogP contribution in [0.4, 0.5) is 0 Å². The van der Waals surface area contributed by atoms with E-state index in [1.54, 1.807) is 6.08 Å². The maximum atomic E-state index is 12.9. The third kappa shape index (κ3) is 46.5. The van der Waals surface area contributed by atoms with E-state index in [2.05, 4.69) is 43.5 Å². The molecule has 0 aliphatic carbocycles. The second-order valence-electron chi connectivity index (χ2n) is 18.9. The molecule has 0 saturated carbocycles. The molecule has 9 heteroatoms. The Kier molecular flexibility index (Phi) is 43.0. The van der Waals surface area contributed by atoms with Crippen molar-refractivity contribution in [3.63, 3.8) is 0 Å². The number of amides is 1. The summed E-state index contributed by atoms with van der Waals surface area (Å²) in [7, 11) is 1.56. The Morgan fingerprint density at radius 2 is 0.902 bits per heavy atom. The van der Waals surface area contributed by atoms with Crippen molar-refractivity contribution in [3.05, 3.63) is 36.5 Å². The molecule has 3 atom stereocenters. The summed E-state index contributed by atoms with van der Waals surface area (Å²) in [4.78, 5) is 23.2. The van der Waals surface area contributed by atoms with Gasteiger partial charge in [0.05, 0.1) is 39.9 Å². The van der Waals surface area contributed by atoms with Crippen LogP contribution in [0.3, 0.4) is 0 Å². The van der Waals surface area contributed by atoms with Crippen LogP contribution in [0.1, 0.15) is 239 Å². The second kappa shape index (κ2) is 43.9. The molecule has 0 aliphatic heterocycles. The van der Waals surface area contributed by atoms with Crippen molar-refractivity contribution in [1.29, 1.82) is 0 Å². The number of phosphoric ester groups is 1. The molecule has 0 radical (unpaired) electrons. The van der Waals surface area contributed by atoms with Crippen LogP contribution in [0.15, 0.2) is 36.5 Å². The van der Waals surface area contributed by atoms with Crippen LogP contribution in [-0.4, -0.2) is 73.4 Å². The average molecular weight is 882 g/mol. The summed E-state index contributed by atoms with van der Waals surface area (Å²) in [5.74, 6) is -0.189. The lowest BCUT2D eigenvalue weighted by Crippen LogP contribution is -2.45. The topological polar surface area (TPSA) is 105 Å². The van der Waals surface area contributed by atoms with Crippen molar-refractivity contribution < 1.29 is 32.9 Å². The number of phosphoric acid groups is 1. The molecule has 3 N–H and O–H groups in total. The molecule has 0 rings (SSSR count). The number of unbranched alkanes of at least 4 members (excludes halogenated alkanes) is 30. The van der Waals surface area contributed by atoms with E-state index in [-0.39, 0.29) is 19.1 Å². The predicted octanol–water partition coefficient (Wildman–Crippen LogP) is 15.0. The van der Waals surface area contributed by atoms with Crippen molar-refractivity contribution in [3.8, 4) is 0 Å². The van der Waals surface area contributed by atoms with E-state index in [1.807, 2.05) is 27.2 Å². The van der Waals surface area contributed by atoms with E-state index in [0.717, 1.165) is 38.5 Å². The van der Waals surface area contributed by atoms with Gasteiger partial charge < -0.3 is 19.8 Å². The van der Waals surface area contributed by atoms with Crippen LogP contribution in [-0.2, 0) is 18.4 Å². The molecule has 3 unspecified atom stereocenters. The Labute approximate surface area is 378 Å². The monoisotopic (exact) mass is 882 g/mol. The fourth-order valence-electron chi connectivity index (χ4n) is 7.46. The number of hydrogen-bond donors (Lipinski definition) is 3. The van der Waals surface area contributed by atoms with Crippen LogP contribution >= 0.6 is 7.82 Å². The van der Waals surface area contributed by atoms with Gasteiger partial charge in [0.1, 0.15) is 13.2 Å². The normalized spacial score (nSPS) is 14.4. The number of nitrogens with one attached hydrogen (secondary N) is 1. The van der Waals surface area contributed by atoms with E-state index < -0.39 is 20.0 Å². The number of rotatable bonds is 47. The number of aliphatic hydroxyl groups is 1. The van der Waals surface area contributed by atoms with Gasteiger partial charge in [0.25, 0.3) is 0 Å². The van der Waals surface area contributed by atoms with Crippen LogP contribution in [0, 0.1) is 0 Å². The number of carbonyl (C=O) groups excluding carboxylic acids is 1. The molecule has 0 aromatic carbocycles. The van der Waals surface area contributed by atoms with Gasteiger partial charge in [-0.05, 0) is 57.8 Å². The van der Waals surface area contributed by atoms with Gasteiger partial charge in [0, 0.05) is 6.42 Å². The lowest BCUT2D eigenvalue weighted by molar-refractivity contribution is -0.870. The zero-order valence-corrected chi connectivity index (χ0v) is 41.8. The van der Waals surface area contributed by atoms with Gasteiger partial charge in [-0.2, -0.15) is 0 Å². The molecule has 61 heavy (non-hydrogen) atoms. The number of nitrogens with zero attached hydrogens (tertiary/aromatic N) is 1. The highest BCUT2D eigenvalue weighted by Crippen LogP contribution is 2.43. The predicted molar refractivity (Wildman–Crippen MR) is 263 cm³/mol. The molecule has 8 nitrogen and oxygen atoms in total. The standard InChI is InChI=1S/C52H101N2O6P/c1-6-8-10-12-14-16-18-20-22-23-24-25-26-27-28-29-30-32-34-36-38-40-42-44-46-52(56)53-50(49-60-61(57,58)59-48-47-54(3,4)5)51(55)45-43-41-39-37-35-33-31-21-19-17-15-13-11-9-7-2/h27-28,35,37,43,45,50-51,55H,6-26,29-34,36,38-42,44,46-49H2,1-5H3,(H-,53,56,57,58)/p+1/b28-27-,37-35+,45-43+. The molecule has 0 aromatic heterocycles. The maximum Gasteiger partial charge on any atom is 0.472 e. The SMILES string of the molecule is CCCCCCCCCCC/C=C/CC/C=C/C(O)C(COP(=O)(O)OCC[N+](C)(C)C)NC(=O)CCCCCCCCCC/C=C\CCCCCCCCCCCCCC. The van der Waals surface area contributed by atoms with Gasteiger partial charge in [-0.1, -0.05) is 211 Å². The summed E-state index contributed by atoms with van der Waals surface area (Å²) in [5.41, 5.74) is 0. The molecule has 0 aromatic rings. The third-order valence-corrected chi connectivity index (χ3v) is 12.6. The number of aliphatic hydroxyl groups excluding tert-OH is 1. The summed E-state index contributed by atoms with van der Waals surface area (Å²) < 4.78 is 23.6. The quantitative estimate of drug-likeness (QED) is 0.0243. The zero-order chi connectivity index (χ0) is 45.0. The minimum atomic E-state index is -4.35. The molecule has 360 valence electrons. The van der Waals surface area contributed by atoms with E-state index in [0.29, 0.717) is 17.4 Å². The molecule has 0 saturated heterocycles. The highest BCUT2D eigenvalue weighted by atomic mass is 31.2. The van der Waals surface area contributed by atoms with Gasteiger partial charge in [-0.25, -0.2) is 4.57 Å². The Hall–Kier alpha value is -1.28. The Morgan fingerprint density at radius 3 is 1.31 bits per heavy atom. The largest absolute Gasteiger partial charge is 0.472 e. The average Bonchev–Trinajstić information content (AvgIpc) is 3.21. The third-order valence-electron chi connectivity index (χ3n) is 11.6. The molecule has 0 fully saturated rings. The van der Waals surface area contributed by atoms with E-state index in [9.17, 15) is 19.4 Å². The second-order valence-corrected chi connectivity index (χ2v) is 20.3. The first kappa shape index (κ1) is 59.7. The molecule has 0 aliphatic rings. The van der Waals surface area contributed by atoms with Crippen molar-refractivity contribution in [2.75, 3.05) is 40.9 Å². The number of quaternary nitrogens is 1. The van der Waals surface area contributed by atoms with Crippen LogP contribution in [0.25, 0.3) is 0 Å². The maximum absolute atomic E-state index is 12.9. The van der Waals surface area contributed by atoms with Gasteiger partial charge in [-0.15, -0.1) is 0 Å². The molecular formula is C52H102N2O6P+. The van der Waals surface area contributed by atoms with E-state index >= 15 is 0 Å². The summed E-state index contributed by atoms with van der Waals surface area (Å²) in [6, 6.07) is -0.863. The molecule has 1 amide bonds. The van der Waals surface area contributed by atoms with Gasteiger partial charge in [-0.3, -0.25) is 13.8 Å². The molecule has 0 spiro atoms. The molecular weight excluding hydrogens is 780 g/mol. The number of likely N-dealkylation sites (N-methyl/N-ethyl adjacent to an activating group) is 1. The van der Waals surface area contributed by atoms with Crippen molar-refractivity contribution in [2.24, 2.45) is 0 Å². The first-order valence-corrected chi connectivity index (χ1v) is 27.4. The summed E-state index contributed by atoms with van der Waals surface area (Å²) in [6.45, 7) is 4.80. The van der Waals surface area contributed by atoms with Crippen LogP contribution < -0.4 is 5.32 Å². The van der Waals surface area contributed by atoms with E-state index in [1.165, 1.54) is 180 Å². The Bertz CT molecular complexity index is 1090. The fraction of sp³-hybridized carbons (Fsp3) is 0.865. The smallest absolute Gasteiger partial charge is 0.387 e. The Morgan fingerprint density at radius 1 is 0.541 bits per heavy atom. The zero-order valence-electron chi connectivity index (χ0n) is 40.9. The van der Waals surface area contributed by atoms with Crippen molar-refractivity contribution >= 4 is 13.7 Å². The molecule has 0 heterocycles. The summed E-state index contributed by atoms with van der Waals surface area (Å²) in [5, 5.41) is 13.8. The summed E-state index contributed by atoms with van der Waals surface area (Å²) >= 11 is 0. The van der Waals surface area contributed by atoms with Gasteiger partial charge >= 0.3 is 7.82 Å². The van der Waals surface area contributed by atoms with Crippen molar-refractivity contribution in [2.45, 2.75) is 251 Å². The lowest BCUT2D eigenvalue weighted by Gasteiger charge is -2.25. The minimum Gasteiger partial charge on any atom is -0.387 e. The summed E-state index contributed by atoms with van der Waals surface area (Å²) in [6.07, 6.45) is 55.2. The lowest BCUT2D eigenvalue weighted by atomic mass is 10.0. The fourth-order valence-corrected chi connectivity index (χ4v) is 8.20. The number of carbonyl (C=O) groups is 1. The Balaban J connectivity index is 4.28. The van der Waals surface area contributed by atoms with Crippen molar-refractivity contribution in [1.82, 2.24) is 5.32 Å². The van der Waals surface area contributed by atoms with Gasteiger partial charge in [0.2, 0.25) is 5.91 Å². The van der Waals surface area contributed by atoms with Gasteiger partial charge in [0.15, 0.2) is 0 Å². The van der Waals surface area contributed by atoms with E-state index in [4.69, 9.17) is 9.05 Å². The van der Waals surface area contributed by atoms with Crippen LogP contribution in [0.2, 0.25) is 0 Å². The number of hydrogen-bond acceptors (Lipinski definition) is 5.